The first-order valence-corrected chi connectivity index (χ1v) is 5.68. The van der Waals surface area contributed by atoms with E-state index in [1.54, 1.807) is 16.7 Å². The molecule has 1 amide bonds. The number of hydrogen-bond acceptors (Lipinski definition) is 4. The number of nitrogens with one attached hydrogen (secondary N) is 1. The molecule has 0 fully saturated rings. The maximum absolute atomic E-state index is 11.7. The predicted molar refractivity (Wildman–Crippen MR) is 63.0 cm³/mol. The van der Waals surface area contributed by atoms with E-state index >= 15 is 0 Å². The maximum Gasteiger partial charge on any atom is 0.238 e. The SMILES string of the molecule is CNCN1C(=O)CSc2ccc(N)cc21. The van der Waals surface area contributed by atoms with Gasteiger partial charge in [0.25, 0.3) is 0 Å². The van der Waals surface area contributed by atoms with Crippen molar-refractivity contribution < 1.29 is 4.79 Å². The van der Waals surface area contributed by atoms with Crippen LogP contribution >= 0.6 is 11.8 Å². The third-order valence-corrected chi connectivity index (χ3v) is 3.29. The first-order valence-electron chi connectivity index (χ1n) is 4.69. The van der Waals surface area contributed by atoms with Gasteiger partial charge in [-0.15, -0.1) is 11.8 Å². The fourth-order valence-corrected chi connectivity index (χ4v) is 2.47. The molecule has 0 unspecified atom stereocenters. The lowest BCUT2D eigenvalue weighted by molar-refractivity contribution is -0.116. The minimum atomic E-state index is 0.118. The van der Waals surface area contributed by atoms with Gasteiger partial charge in [0.15, 0.2) is 0 Å². The monoisotopic (exact) mass is 223 g/mol. The summed E-state index contributed by atoms with van der Waals surface area (Å²) in [5, 5.41) is 2.98. The van der Waals surface area contributed by atoms with Gasteiger partial charge < -0.3 is 11.1 Å². The van der Waals surface area contributed by atoms with Crippen molar-refractivity contribution in [2.24, 2.45) is 0 Å². The van der Waals surface area contributed by atoms with E-state index in [0.29, 0.717) is 18.1 Å². The van der Waals surface area contributed by atoms with Gasteiger partial charge >= 0.3 is 0 Å². The molecule has 0 bridgehead atoms. The first-order chi connectivity index (χ1) is 7.22. The lowest BCUT2D eigenvalue weighted by Gasteiger charge is -2.28. The molecule has 0 spiro atoms. The Labute approximate surface area is 92.8 Å². The number of amides is 1. The molecule has 5 heteroatoms. The summed E-state index contributed by atoms with van der Waals surface area (Å²) in [6, 6.07) is 5.67. The number of rotatable bonds is 2. The number of hydrogen-bond donors (Lipinski definition) is 2. The van der Waals surface area contributed by atoms with Gasteiger partial charge in [0, 0.05) is 10.6 Å². The van der Waals surface area contributed by atoms with Crippen LogP contribution in [-0.2, 0) is 4.79 Å². The molecule has 3 N–H and O–H groups in total. The van der Waals surface area contributed by atoms with E-state index in [9.17, 15) is 4.79 Å². The summed E-state index contributed by atoms with van der Waals surface area (Å²) in [6.07, 6.45) is 0. The van der Waals surface area contributed by atoms with Gasteiger partial charge in [0.2, 0.25) is 5.91 Å². The number of carbonyl (C=O) groups is 1. The summed E-state index contributed by atoms with van der Waals surface area (Å²) >= 11 is 1.56. The highest BCUT2D eigenvalue weighted by atomic mass is 32.2. The quantitative estimate of drug-likeness (QED) is 0.731. The van der Waals surface area contributed by atoms with Gasteiger partial charge in [0.1, 0.15) is 0 Å². The van der Waals surface area contributed by atoms with Gasteiger partial charge in [-0.3, -0.25) is 9.69 Å². The largest absolute Gasteiger partial charge is 0.399 e. The molecule has 1 aromatic carbocycles. The number of thioether (sulfide) groups is 1. The summed E-state index contributed by atoms with van der Waals surface area (Å²) < 4.78 is 0. The molecule has 1 heterocycles. The van der Waals surface area contributed by atoms with E-state index in [-0.39, 0.29) is 5.91 Å². The summed E-state index contributed by atoms with van der Waals surface area (Å²) in [5.74, 6) is 0.617. The lowest BCUT2D eigenvalue weighted by atomic mass is 10.2. The van der Waals surface area contributed by atoms with E-state index in [2.05, 4.69) is 5.32 Å². The van der Waals surface area contributed by atoms with Crippen molar-refractivity contribution in [1.82, 2.24) is 5.32 Å². The molecule has 0 radical (unpaired) electrons. The van der Waals surface area contributed by atoms with Crippen LogP contribution in [0.5, 0.6) is 0 Å². The Kier molecular flexibility index (Phi) is 2.83. The number of benzene rings is 1. The molecule has 80 valence electrons. The Balaban J connectivity index is 2.41. The van der Waals surface area contributed by atoms with Gasteiger partial charge in [-0.25, -0.2) is 0 Å². The second-order valence-corrected chi connectivity index (χ2v) is 4.37. The van der Waals surface area contributed by atoms with Crippen LogP contribution in [0.15, 0.2) is 23.1 Å². The molecule has 4 nitrogen and oxygen atoms in total. The summed E-state index contributed by atoms with van der Waals surface area (Å²) in [5.41, 5.74) is 7.31. The Bertz CT molecular complexity index is 394. The van der Waals surface area contributed by atoms with Crippen molar-refractivity contribution in [2.75, 3.05) is 30.1 Å². The molecule has 1 aliphatic rings. The Morgan fingerprint density at radius 3 is 3.13 bits per heavy atom. The van der Waals surface area contributed by atoms with E-state index in [4.69, 9.17) is 5.73 Å². The molecule has 1 aliphatic heterocycles. The van der Waals surface area contributed by atoms with Crippen molar-refractivity contribution in [2.45, 2.75) is 4.90 Å². The van der Waals surface area contributed by atoms with Crippen molar-refractivity contribution in [1.29, 1.82) is 0 Å². The lowest BCUT2D eigenvalue weighted by Crippen LogP contribution is -2.40. The molecule has 2 rings (SSSR count). The number of nitrogens with two attached hydrogens (primary N) is 1. The zero-order valence-electron chi connectivity index (χ0n) is 8.49. The molecule has 0 aromatic heterocycles. The third-order valence-electron chi connectivity index (χ3n) is 2.24. The van der Waals surface area contributed by atoms with Crippen LogP contribution in [0, 0.1) is 0 Å². The molecular formula is C10H13N3OS. The zero-order chi connectivity index (χ0) is 10.8. The van der Waals surface area contributed by atoms with E-state index < -0.39 is 0 Å². The fourth-order valence-electron chi connectivity index (χ4n) is 1.55. The van der Waals surface area contributed by atoms with E-state index in [1.807, 2.05) is 25.2 Å². The highest BCUT2D eigenvalue weighted by Gasteiger charge is 2.23. The molecular weight excluding hydrogens is 210 g/mol. The van der Waals surface area contributed by atoms with Crippen LogP contribution in [-0.4, -0.2) is 25.4 Å². The summed E-state index contributed by atoms with van der Waals surface area (Å²) in [7, 11) is 1.82. The number of carbonyl (C=O) groups excluding carboxylic acids is 1. The number of anilines is 2. The van der Waals surface area contributed by atoms with Crippen LogP contribution in [0.3, 0.4) is 0 Å². The minimum absolute atomic E-state index is 0.118. The van der Waals surface area contributed by atoms with Gasteiger partial charge in [-0.05, 0) is 25.2 Å². The normalized spacial score (nSPS) is 15.3. The maximum atomic E-state index is 11.7. The van der Waals surface area contributed by atoms with Gasteiger partial charge in [-0.1, -0.05) is 0 Å². The van der Waals surface area contributed by atoms with Crippen molar-refractivity contribution >= 4 is 29.0 Å². The van der Waals surface area contributed by atoms with Crippen LogP contribution in [0.4, 0.5) is 11.4 Å². The highest BCUT2D eigenvalue weighted by molar-refractivity contribution is 8.00. The molecule has 0 saturated carbocycles. The zero-order valence-corrected chi connectivity index (χ0v) is 9.30. The van der Waals surface area contributed by atoms with Crippen molar-refractivity contribution in [3.8, 4) is 0 Å². The van der Waals surface area contributed by atoms with E-state index in [1.165, 1.54) is 0 Å². The van der Waals surface area contributed by atoms with Crippen LogP contribution in [0.1, 0.15) is 0 Å². The topological polar surface area (TPSA) is 58.4 Å². The van der Waals surface area contributed by atoms with Crippen LogP contribution in [0.25, 0.3) is 0 Å². The van der Waals surface area contributed by atoms with Crippen LogP contribution in [0.2, 0.25) is 0 Å². The second kappa shape index (κ2) is 4.12. The molecule has 1 aromatic rings. The van der Waals surface area contributed by atoms with E-state index in [0.717, 1.165) is 10.6 Å². The summed E-state index contributed by atoms with van der Waals surface area (Å²) in [4.78, 5) is 14.5. The van der Waals surface area contributed by atoms with Crippen molar-refractivity contribution in [3.63, 3.8) is 0 Å². The molecule has 15 heavy (non-hydrogen) atoms. The van der Waals surface area contributed by atoms with Crippen LogP contribution < -0.4 is 16.0 Å². The number of nitrogens with zero attached hydrogens (tertiary/aromatic N) is 1. The average molecular weight is 223 g/mol. The number of fused-ring (bicyclic) bond motifs is 1. The molecule has 0 saturated heterocycles. The average Bonchev–Trinajstić information content (AvgIpc) is 2.23. The Hall–Kier alpha value is -1.20. The second-order valence-electron chi connectivity index (χ2n) is 3.35. The van der Waals surface area contributed by atoms with Crippen molar-refractivity contribution in [3.05, 3.63) is 18.2 Å². The minimum Gasteiger partial charge on any atom is -0.399 e. The number of nitrogen functional groups attached to an aromatic ring is 1. The van der Waals surface area contributed by atoms with Gasteiger partial charge in [0.05, 0.1) is 18.1 Å². The Morgan fingerprint density at radius 1 is 1.60 bits per heavy atom. The molecule has 0 atom stereocenters. The Morgan fingerprint density at radius 2 is 2.40 bits per heavy atom. The predicted octanol–water partition coefficient (Wildman–Crippen LogP) is 0.884. The highest BCUT2D eigenvalue weighted by Crippen LogP contribution is 2.36. The standard InChI is InChI=1S/C10H13N3OS/c1-12-6-13-8-4-7(11)2-3-9(8)15-5-10(13)14/h2-4,12H,5-6,11H2,1H3. The smallest absolute Gasteiger partial charge is 0.238 e. The van der Waals surface area contributed by atoms with Gasteiger partial charge in [-0.2, -0.15) is 0 Å². The summed E-state index contributed by atoms with van der Waals surface area (Å²) in [6.45, 7) is 0.524. The fraction of sp³-hybridized carbons (Fsp3) is 0.300. The first kappa shape index (κ1) is 10.3. The molecule has 0 aliphatic carbocycles. The third kappa shape index (κ3) is 1.93.